The third-order valence-corrected chi connectivity index (χ3v) is 5.89. The van der Waals surface area contributed by atoms with E-state index in [-0.39, 0.29) is 35.3 Å². The lowest BCUT2D eigenvalue weighted by Crippen LogP contribution is -2.36. The Kier molecular flexibility index (Phi) is 4.82. The fourth-order valence-corrected chi connectivity index (χ4v) is 4.51. The number of hydrogen-bond acceptors (Lipinski definition) is 6. The summed E-state index contributed by atoms with van der Waals surface area (Å²) in [5, 5.41) is 5.96. The Morgan fingerprint density at radius 3 is 2.83 bits per heavy atom. The van der Waals surface area contributed by atoms with Gasteiger partial charge >= 0.3 is 0 Å². The first-order valence-electron chi connectivity index (χ1n) is 7.85. The lowest BCUT2D eigenvalue weighted by molar-refractivity contribution is 0.0936. The molecule has 0 spiro atoms. The summed E-state index contributed by atoms with van der Waals surface area (Å²) >= 11 is 0. The summed E-state index contributed by atoms with van der Waals surface area (Å²) < 4.78 is 28.3. The van der Waals surface area contributed by atoms with Gasteiger partial charge in [0.15, 0.2) is 9.84 Å². The average Bonchev–Trinajstić information content (AvgIpc) is 3.15. The van der Waals surface area contributed by atoms with Crippen molar-refractivity contribution in [1.82, 2.24) is 10.3 Å². The Morgan fingerprint density at radius 1 is 1.35 bits per heavy atom. The summed E-state index contributed by atoms with van der Waals surface area (Å²) in [5.41, 5.74) is 1.12. The van der Waals surface area contributed by atoms with Crippen LogP contribution in [0.1, 0.15) is 29.8 Å². The van der Waals surface area contributed by atoms with Crippen molar-refractivity contribution in [1.29, 1.82) is 0 Å². The first-order valence-corrected chi connectivity index (χ1v) is 9.67. The van der Waals surface area contributed by atoms with Gasteiger partial charge in [-0.05, 0) is 31.4 Å². The molecule has 2 aliphatic rings. The molecule has 1 aromatic rings. The summed E-state index contributed by atoms with van der Waals surface area (Å²) in [6.45, 7) is 1.55. The maximum atomic E-state index is 12.1. The number of carbonyl (C=O) groups excluding carboxylic acids is 1. The molecule has 0 radical (unpaired) electrons. The predicted octanol–water partition coefficient (Wildman–Crippen LogP) is 0.589. The first-order chi connectivity index (χ1) is 11.0. The van der Waals surface area contributed by atoms with Gasteiger partial charge in [-0.15, -0.1) is 0 Å². The second-order valence-corrected chi connectivity index (χ2v) is 8.25. The van der Waals surface area contributed by atoms with E-state index in [0.717, 1.165) is 31.7 Å². The Bertz CT molecular complexity index is 654. The molecule has 2 fully saturated rings. The molecular weight excluding hydrogens is 318 g/mol. The van der Waals surface area contributed by atoms with Crippen LogP contribution in [-0.4, -0.2) is 56.1 Å². The summed E-state index contributed by atoms with van der Waals surface area (Å²) in [6.07, 6.45) is 4.47. The second-order valence-electron chi connectivity index (χ2n) is 6.02. The molecular formula is C15H21N3O4S. The van der Waals surface area contributed by atoms with Crippen molar-refractivity contribution < 1.29 is 17.9 Å². The van der Waals surface area contributed by atoms with E-state index >= 15 is 0 Å². The quantitative estimate of drug-likeness (QED) is 0.815. The number of sulfone groups is 1. The number of anilines is 1. The van der Waals surface area contributed by atoms with Crippen molar-refractivity contribution in [3.8, 4) is 0 Å². The first kappa shape index (κ1) is 16.2. The van der Waals surface area contributed by atoms with Crippen LogP contribution in [0.4, 0.5) is 5.69 Å². The zero-order chi connectivity index (χ0) is 16.3. The smallest absolute Gasteiger partial charge is 0.270 e. The van der Waals surface area contributed by atoms with E-state index < -0.39 is 9.84 Å². The van der Waals surface area contributed by atoms with E-state index in [1.54, 1.807) is 18.3 Å². The largest absolute Gasteiger partial charge is 0.381 e. The zero-order valence-electron chi connectivity index (χ0n) is 12.8. The third kappa shape index (κ3) is 4.42. The van der Waals surface area contributed by atoms with Gasteiger partial charge in [0.05, 0.1) is 29.5 Å². The van der Waals surface area contributed by atoms with Gasteiger partial charge in [-0.1, -0.05) is 0 Å². The molecule has 0 saturated carbocycles. The molecule has 0 aromatic carbocycles. The van der Waals surface area contributed by atoms with Crippen LogP contribution in [0.15, 0.2) is 18.3 Å². The zero-order valence-corrected chi connectivity index (χ0v) is 13.6. The normalized spacial score (nSPS) is 26.1. The van der Waals surface area contributed by atoms with Crippen molar-refractivity contribution in [2.24, 2.45) is 0 Å². The molecule has 23 heavy (non-hydrogen) atoms. The minimum Gasteiger partial charge on any atom is -0.381 e. The van der Waals surface area contributed by atoms with Gasteiger partial charge in [0.25, 0.3) is 5.91 Å². The standard InChI is InChI=1S/C15H21N3O4S/c19-15(18-12-5-7-23(20,21)10-12)14-4-3-11(8-17-14)16-9-13-2-1-6-22-13/h3-4,8,12-13,16H,1-2,5-7,9-10H2,(H,18,19). The van der Waals surface area contributed by atoms with Crippen molar-refractivity contribution in [3.63, 3.8) is 0 Å². The van der Waals surface area contributed by atoms with Gasteiger partial charge in [0.2, 0.25) is 0 Å². The number of ether oxygens (including phenoxy) is 1. The van der Waals surface area contributed by atoms with Crippen LogP contribution >= 0.6 is 0 Å². The van der Waals surface area contributed by atoms with E-state index in [1.807, 2.05) is 0 Å². The molecule has 1 amide bonds. The number of nitrogens with zero attached hydrogens (tertiary/aromatic N) is 1. The van der Waals surface area contributed by atoms with Crippen LogP contribution in [0, 0.1) is 0 Å². The number of rotatable bonds is 5. The van der Waals surface area contributed by atoms with Crippen LogP contribution in [0.3, 0.4) is 0 Å². The van der Waals surface area contributed by atoms with Crippen molar-refractivity contribution in [3.05, 3.63) is 24.0 Å². The van der Waals surface area contributed by atoms with E-state index in [0.29, 0.717) is 6.42 Å². The molecule has 2 atom stereocenters. The number of amides is 1. The molecule has 2 aliphatic heterocycles. The Balaban J connectivity index is 1.51. The maximum absolute atomic E-state index is 12.1. The van der Waals surface area contributed by atoms with E-state index in [2.05, 4.69) is 15.6 Å². The number of nitrogens with one attached hydrogen (secondary N) is 2. The molecule has 2 unspecified atom stereocenters. The minimum atomic E-state index is -3.00. The molecule has 2 saturated heterocycles. The van der Waals surface area contributed by atoms with Crippen LogP contribution in [0.2, 0.25) is 0 Å². The highest BCUT2D eigenvalue weighted by molar-refractivity contribution is 7.91. The number of carbonyl (C=O) groups is 1. The molecule has 2 N–H and O–H groups in total. The number of pyridine rings is 1. The minimum absolute atomic E-state index is 0.0137. The van der Waals surface area contributed by atoms with Crippen LogP contribution in [0.5, 0.6) is 0 Å². The Hall–Kier alpha value is -1.67. The molecule has 1 aromatic heterocycles. The number of hydrogen-bond donors (Lipinski definition) is 2. The highest BCUT2D eigenvalue weighted by atomic mass is 32.2. The molecule has 8 heteroatoms. The van der Waals surface area contributed by atoms with Gasteiger partial charge in [-0.25, -0.2) is 13.4 Å². The maximum Gasteiger partial charge on any atom is 0.270 e. The highest BCUT2D eigenvalue weighted by Crippen LogP contribution is 2.14. The molecule has 0 aliphatic carbocycles. The van der Waals surface area contributed by atoms with Crippen LogP contribution in [0.25, 0.3) is 0 Å². The monoisotopic (exact) mass is 339 g/mol. The average molecular weight is 339 g/mol. The van der Waals surface area contributed by atoms with Crippen molar-refractivity contribution in [2.45, 2.75) is 31.4 Å². The van der Waals surface area contributed by atoms with Crippen LogP contribution < -0.4 is 10.6 Å². The van der Waals surface area contributed by atoms with E-state index in [1.165, 1.54) is 0 Å². The van der Waals surface area contributed by atoms with Gasteiger partial charge in [0, 0.05) is 19.2 Å². The summed E-state index contributed by atoms with van der Waals surface area (Å²) in [7, 11) is -3.00. The lowest BCUT2D eigenvalue weighted by Gasteiger charge is -2.13. The second kappa shape index (κ2) is 6.84. The Labute approximate surface area is 135 Å². The lowest BCUT2D eigenvalue weighted by atomic mass is 10.2. The molecule has 7 nitrogen and oxygen atoms in total. The topological polar surface area (TPSA) is 97.4 Å². The van der Waals surface area contributed by atoms with Crippen molar-refractivity contribution in [2.75, 3.05) is 30.0 Å². The van der Waals surface area contributed by atoms with E-state index in [4.69, 9.17) is 4.74 Å². The van der Waals surface area contributed by atoms with Gasteiger partial charge in [-0.3, -0.25) is 4.79 Å². The van der Waals surface area contributed by atoms with Crippen LogP contribution in [-0.2, 0) is 14.6 Å². The van der Waals surface area contributed by atoms with Gasteiger partial charge in [-0.2, -0.15) is 0 Å². The number of aromatic nitrogens is 1. The summed E-state index contributed by atoms with van der Waals surface area (Å²) in [5.74, 6) is -0.185. The fraction of sp³-hybridized carbons (Fsp3) is 0.600. The third-order valence-electron chi connectivity index (χ3n) is 4.12. The van der Waals surface area contributed by atoms with Gasteiger partial charge < -0.3 is 15.4 Å². The SMILES string of the molecule is O=C(NC1CCS(=O)(=O)C1)c1ccc(NCC2CCCO2)cn1. The van der Waals surface area contributed by atoms with Crippen molar-refractivity contribution >= 4 is 21.4 Å². The fourth-order valence-electron chi connectivity index (χ4n) is 2.84. The van der Waals surface area contributed by atoms with E-state index in [9.17, 15) is 13.2 Å². The highest BCUT2D eigenvalue weighted by Gasteiger charge is 2.29. The summed E-state index contributed by atoms with van der Waals surface area (Å²) in [6, 6.07) is 3.12. The van der Waals surface area contributed by atoms with Gasteiger partial charge in [0.1, 0.15) is 5.69 Å². The molecule has 3 heterocycles. The molecule has 126 valence electrons. The summed E-state index contributed by atoms with van der Waals surface area (Å²) in [4.78, 5) is 16.2. The predicted molar refractivity (Wildman–Crippen MR) is 86.2 cm³/mol. The molecule has 3 rings (SSSR count). The Morgan fingerprint density at radius 2 is 2.22 bits per heavy atom. The molecule has 0 bridgehead atoms.